The van der Waals surface area contributed by atoms with Crippen LogP contribution in [0.2, 0.25) is 0 Å². The van der Waals surface area contributed by atoms with E-state index in [4.69, 9.17) is 4.74 Å². The summed E-state index contributed by atoms with van der Waals surface area (Å²) in [7, 11) is 1.53. The maximum absolute atomic E-state index is 13.4. The van der Waals surface area contributed by atoms with Gasteiger partial charge in [-0.05, 0) is 12.1 Å². The van der Waals surface area contributed by atoms with E-state index in [1.807, 2.05) is 0 Å². The van der Waals surface area contributed by atoms with Crippen molar-refractivity contribution in [1.82, 2.24) is 4.98 Å². The molecule has 18 heavy (non-hydrogen) atoms. The molecule has 0 radical (unpaired) electrons. The quantitative estimate of drug-likeness (QED) is 0.905. The normalized spacial score (nSPS) is 10.2. The summed E-state index contributed by atoms with van der Waals surface area (Å²) in [5.74, 6) is -0.639. The maximum Gasteiger partial charge on any atom is 0.213 e. The minimum Gasteiger partial charge on any atom is -0.481 e. The van der Waals surface area contributed by atoms with Crippen molar-refractivity contribution in [1.29, 1.82) is 0 Å². The summed E-state index contributed by atoms with van der Waals surface area (Å²) in [6, 6.07) is 6.97. The Hall–Kier alpha value is -2.17. The van der Waals surface area contributed by atoms with Crippen LogP contribution >= 0.6 is 0 Å². The molecule has 5 heteroatoms. The summed E-state index contributed by atoms with van der Waals surface area (Å²) >= 11 is 0. The van der Waals surface area contributed by atoms with Crippen LogP contribution in [0, 0.1) is 11.6 Å². The molecular weight excluding hydrogens is 238 g/mol. The number of anilines is 1. The fourth-order valence-corrected chi connectivity index (χ4v) is 1.47. The Labute approximate surface area is 103 Å². The summed E-state index contributed by atoms with van der Waals surface area (Å²) in [6.45, 7) is 0.264. The number of hydrogen-bond donors (Lipinski definition) is 1. The number of halogens is 2. The standard InChI is InChI=1S/C13H12F2N2O/c1-18-13-5-4-11(8-17-13)16-7-9-2-3-10(14)6-12(9)15/h2-6,8,16H,7H2,1H3. The van der Waals surface area contributed by atoms with Crippen LogP contribution in [0.3, 0.4) is 0 Å². The molecular formula is C13H12F2N2O. The number of nitrogens with one attached hydrogen (secondary N) is 1. The smallest absolute Gasteiger partial charge is 0.213 e. The number of nitrogens with zero attached hydrogens (tertiary/aromatic N) is 1. The zero-order valence-corrected chi connectivity index (χ0v) is 9.78. The largest absolute Gasteiger partial charge is 0.481 e. The van der Waals surface area contributed by atoms with E-state index in [1.165, 1.54) is 19.2 Å². The fourth-order valence-electron chi connectivity index (χ4n) is 1.47. The van der Waals surface area contributed by atoms with Gasteiger partial charge in [-0.2, -0.15) is 0 Å². The second kappa shape index (κ2) is 5.44. The predicted octanol–water partition coefficient (Wildman–Crippen LogP) is 2.98. The first-order valence-corrected chi connectivity index (χ1v) is 5.37. The summed E-state index contributed by atoms with van der Waals surface area (Å²) in [5.41, 5.74) is 1.13. The van der Waals surface area contributed by atoms with Crippen molar-refractivity contribution in [2.24, 2.45) is 0 Å². The fraction of sp³-hybridized carbons (Fsp3) is 0.154. The Balaban J connectivity index is 2.02. The molecule has 0 aliphatic carbocycles. The highest BCUT2D eigenvalue weighted by molar-refractivity contribution is 5.42. The van der Waals surface area contributed by atoms with Crippen LogP contribution in [0.4, 0.5) is 14.5 Å². The molecule has 1 aromatic heterocycles. The molecule has 0 saturated carbocycles. The molecule has 0 bridgehead atoms. The van der Waals surface area contributed by atoms with Gasteiger partial charge in [0, 0.05) is 24.2 Å². The Morgan fingerprint density at radius 1 is 1.22 bits per heavy atom. The van der Waals surface area contributed by atoms with Crippen molar-refractivity contribution in [2.75, 3.05) is 12.4 Å². The summed E-state index contributed by atoms with van der Waals surface area (Å²) in [4.78, 5) is 4.01. The second-order valence-electron chi connectivity index (χ2n) is 3.68. The maximum atomic E-state index is 13.4. The molecule has 0 saturated heterocycles. The lowest BCUT2D eigenvalue weighted by molar-refractivity contribution is 0.398. The molecule has 0 aliphatic heterocycles. The molecule has 1 heterocycles. The van der Waals surface area contributed by atoms with E-state index < -0.39 is 11.6 Å². The number of methoxy groups -OCH3 is 1. The Bertz CT molecular complexity index is 529. The molecule has 2 rings (SSSR count). The van der Waals surface area contributed by atoms with Crippen LogP contribution < -0.4 is 10.1 Å². The lowest BCUT2D eigenvalue weighted by atomic mass is 10.2. The topological polar surface area (TPSA) is 34.1 Å². The van der Waals surface area contributed by atoms with Crippen LogP contribution in [0.25, 0.3) is 0 Å². The summed E-state index contributed by atoms with van der Waals surface area (Å²) in [5, 5.41) is 2.99. The molecule has 0 fully saturated rings. The van der Waals surface area contributed by atoms with E-state index in [2.05, 4.69) is 10.3 Å². The van der Waals surface area contributed by atoms with Gasteiger partial charge in [-0.1, -0.05) is 6.07 Å². The van der Waals surface area contributed by atoms with Gasteiger partial charge in [-0.3, -0.25) is 0 Å². The first-order chi connectivity index (χ1) is 8.69. The van der Waals surface area contributed by atoms with Gasteiger partial charge in [0.1, 0.15) is 11.6 Å². The number of rotatable bonds is 4. The second-order valence-corrected chi connectivity index (χ2v) is 3.68. The highest BCUT2D eigenvalue weighted by atomic mass is 19.1. The highest BCUT2D eigenvalue weighted by Crippen LogP contribution is 2.14. The molecule has 0 unspecified atom stereocenters. The van der Waals surface area contributed by atoms with Crippen LogP contribution in [0.5, 0.6) is 5.88 Å². The third kappa shape index (κ3) is 2.94. The summed E-state index contributed by atoms with van der Waals surface area (Å²) < 4.78 is 31.0. The number of pyridine rings is 1. The van der Waals surface area contributed by atoms with E-state index in [0.29, 0.717) is 11.4 Å². The average Bonchev–Trinajstić information content (AvgIpc) is 2.38. The van der Waals surface area contributed by atoms with Gasteiger partial charge >= 0.3 is 0 Å². The Kier molecular flexibility index (Phi) is 3.72. The Morgan fingerprint density at radius 2 is 2.06 bits per heavy atom. The van der Waals surface area contributed by atoms with E-state index in [9.17, 15) is 8.78 Å². The SMILES string of the molecule is COc1ccc(NCc2ccc(F)cc2F)cn1. The molecule has 3 nitrogen and oxygen atoms in total. The van der Waals surface area contributed by atoms with E-state index in [-0.39, 0.29) is 6.54 Å². The monoisotopic (exact) mass is 250 g/mol. The molecule has 1 aromatic carbocycles. The molecule has 0 aliphatic rings. The first kappa shape index (κ1) is 12.3. The molecule has 0 spiro atoms. The van der Waals surface area contributed by atoms with Crippen LogP contribution in [0.1, 0.15) is 5.56 Å². The van der Waals surface area contributed by atoms with Gasteiger partial charge in [0.25, 0.3) is 0 Å². The van der Waals surface area contributed by atoms with Gasteiger partial charge in [0.05, 0.1) is 19.0 Å². The lowest BCUT2D eigenvalue weighted by Crippen LogP contribution is -2.02. The number of aromatic nitrogens is 1. The summed E-state index contributed by atoms with van der Waals surface area (Å²) in [6.07, 6.45) is 1.58. The molecule has 1 N–H and O–H groups in total. The zero-order valence-electron chi connectivity index (χ0n) is 9.78. The molecule has 94 valence electrons. The Morgan fingerprint density at radius 3 is 2.67 bits per heavy atom. The van der Waals surface area contributed by atoms with Crippen LogP contribution in [-0.2, 0) is 6.54 Å². The van der Waals surface area contributed by atoms with Crippen molar-refractivity contribution in [2.45, 2.75) is 6.54 Å². The average molecular weight is 250 g/mol. The van der Waals surface area contributed by atoms with Gasteiger partial charge in [-0.15, -0.1) is 0 Å². The van der Waals surface area contributed by atoms with E-state index in [1.54, 1.807) is 18.3 Å². The van der Waals surface area contributed by atoms with E-state index >= 15 is 0 Å². The van der Waals surface area contributed by atoms with Gasteiger partial charge < -0.3 is 10.1 Å². The minimum absolute atomic E-state index is 0.264. The van der Waals surface area contributed by atoms with Gasteiger partial charge in [0.15, 0.2) is 0 Å². The van der Waals surface area contributed by atoms with Gasteiger partial charge in [0.2, 0.25) is 5.88 Å². The van der Waals surface area contributed by atoms with Crippen molar-refractivity contribution >= 4 is 5.69 Å². The van der Waals surface area contributed by atoms with E-state index in [0.717, 1.165) is 11.8 Å². The minimum atomic E-state index is -0.581. The number of hydrogen-bond acceptors (Lipinski definition) is 3. The van der Waals surface area contributed by atoms with Crippen molar-refractivity contribution < 1.29 is 13.5 Å². The zero-order chi connectivity index (χ0) is 13.0. The van der Waals surface area contributed by atoms with Crippen LogP contribution in [0.15, 0.2) is 36.5 Å². The van der Waals surface area contributed by atoms with Gasteiger partial charge in [-0.25, -0.2) is 13.8 Å². The molecule has 0 atom stereocenters. The van der Waals surface area contributed by atoms with Crippen LogP contribution in [-0.4, -0.2) is 12.1 Å². The molecule has 2 aromatic rings. The van der Waals surface area contributed by atoms with Crippen molar-refractivity contribution in [3.05, 3.63) is 53.7 Å². The third-order valence-corrected chi connectivity index (χ3v) is 2.44. The lowest BCUT2D eigenvalue weighted by Gasteiger charge is -2.07. The predicted molar refractivity (Wildman–Crippen MR) is 64.5 cm³/mol. The number of ether oxygens (including phenoxy) is 1. The van der Waals surface area contributed by atoms with Crippen molar-refractivity contribution in [3.63, 3.8) is 0 Å². The molecule has 0 amide bonds. The van der Waals surface area contributed by atoms with Crippen molar-refractivity contribution in [3.8, 4) is 5.88 Å². The number of benzene rings is 1. The highest BCUT2D eigenvalue weighted by Gasteiger charge is 2.03. The first-order valence-electron chi connectivity index (χ1n) is 5.37. The third-order valence-electron chi connectivity index (χ3n) is 2.44.